The van der Waals surface area contributed by atoms with E-state index in [4.69, 9.17) is 4.42 Å². The minimum absolute atomic E-state index is 0.0882. The molecule has 1 aliphatic heterocycles. The van der Waals surface area contributed by atoms with Gasteiger partial charge in [-0.25, -0.2) is 4.68 Å². The van der Waals surface area contributed by atoms with E-state index in [9.17, 15) is 18.0 Å². The first-order valence-corrected chi connectivity index (χ1v) is 10.6. The molecule has 1 amide bonds. The molecule has 0 aliphatic carbocycles. The van der Waals surface area contributed by atoms with Crippen LogP contribution in [-0.2, 0) is 6.54 Å². The molecule has 5 rings (SSSR count). The zero-order valence-electron chi connectivity index (χ0n) is 18.1. The molecule has 176 valence electrons. The molecule has 4 heterocycles. The summed E-state index contributed by atoms with van der Waals surface area (Å²) in [5.41, 5.74) is 2.05. The molecule has 11 heteroatoms. The average molecular weight is 470 g/mol. The van der Waals surface area contributed by atoms with Gasteiger partial charge in [-0.15, -0.1) is 0 Å². The minimum Gasteiger partial charge on any atom is -0.467 e. The molecule has 0 saturated carbocycles. The van der Waals surface area contributed by atoms with Crippen LogP contribution in [0.15, 0.2) is 65.4 Å². The third-order valence-electron chi connectivity index (χ3n) is 5.78. The van der Waals surface area contributed by atoms with E-state index in [2.05, 4.69) is 20.8 Å². The fraction of sp³-hybridized carbons (Fsp3) is 0.261. The number of benzene rings is 1. The fourth-order valence-corrected chi connectivity index (χ4v) is 4.02. The first-order chi connectivity index (χ1) is 16.3. The smallest absolute Gasteiger partial charge is 0.410 e. The van der Waals surface area contributed by atoms with E-state index in [-0.39, 0.29) is 23.8 Å². The van der Waals surface area contributed by atoms with Crippen LogP contribution in [0.2, 0.25) is 0 Å². The number of anilines is 2. The Hall–Kier alpha value is -4.02. The van der Waals surface area contributed by atoms with Gasteiger partial charge in [0.05, 0.1) is 18.8 Å². The number of aryl methyl sites for hydroxylation is 1. The van der Waals surface area contributed by atoms with Crippen molar-refractivity contribution >= 4 is 17.5 Å². The number of fused-ring (bicyclic) bond motifs is 1. The van der Waals surface area contributed by atoms with E-state index < -0.39 is 24.2 Å². The molecule has 2 atom stereocenters. The molecular formula is C23H21F3N6O2. The second-order valence-corrected chi connectivity index (χ2v) is 8.14. The molecule has 3 aromatic heterocycles. The van der Waals surface area contributed by atoms with Crippen LogP contribution >= 0.6 is 0 Å². The number of rotatable bonds is 5. The number of aromatic nitrogens is 4. The highest BCUT2D eigenvalue weighted by Gasteiger charge is 2.47. The van der Waals surface area contributed by atoms with Crippen LogP contribution in [-0.4, -0.2) is 31.6 Å². The molecule has 2 N–H and O–H groups in total. The van der Waals surface area contributed by atoms with Crippen molar-refractivity contribution in [1.29, 1.82) is 0 Å². The van der Waals surface area contributed by atoms with Gasteiger partial charge in [0.25, 0.3) is 5.91 Å². The first-order valence-electron chi connectivity index (χ1n) is 10.6. The topological polar surface area (TPSA) is 89.9 Å². The van der Waals surface area contributed by atoms with Crippen LogP contribution in [0.3, 0.4) is 0 Å². The number of furan rings is 1. The average Bonchev–Trinajstić information content (AvgIpc) is 3.54. The lowest BCUT2D eigenvalue weighted by Gasteiger charge is -2.32. The summed E-state index contributed by atoms with van der Waals surface area (Å²) in [6.45, 7) is 2.52. The van der Waals surface area contributed by atoms with Crippen molar-refractivity contribution in [3.05, 3.63) is 83.6 Å². The molecule has 8 nitrogen and oxygen atoms in total. The Kier molecular flexibility index (Phi) is 5.39. The van der Waals surface area contributed by atoms with Crippen molar-refractivity contribution in [3.63, 3.8) is 0 Å². The van der Waals surface area contributed by atoms with Crippen LogP contribution in [0.25, 0.3) is 0 Å². The van der Waals surface area contributed by atoms with Gasteiger partial charge in [-0.05, 0) is 30.2 Å². The summed E-state index contributed by atoms with van der Waals surface area (Å²) in [5.74, 6) is 0.0933. The van der Waals surface area contributed by atoms with Gasteiger partial charge in [-0.2, -0.15) is 23.4 Å². The summed E-state index contributed by atoms with van der Waals surface area (Å²) in [4.78, 5) is 12.8. The van der Waals surface area contributed by atoms with E-state index >= 15 is 0 Å². The molecule has 0 radical (unpaired) electrons. The van der Waals surface area contributed by atoms with Crippen molar-refractivity contribution in [2.24, 2.45) is 0 Å². The summed E-state index contributed by atoms with van der Waals surface area (Å²) < 4.78 is 49.1. The molecule has 34 heavy (non-hydrogen) atoms. The van der Waals surface area contributed by atoms with Gasteiger partial charge < -0.3 is 15.1 Å². The zero-order chi connectivity index (χ0) is 23.9. The van der Waals surface area contributed by atoms with Gasteiger partial charge >= 0.3 is 6.18 Å². The van der Waals surface area contributed by atoms with E-state index in [0.717, 1.165) is 15.8 Å². The second-order valence-electron chi connectivity index (χ2n) is 8.14. The quantitative estimate of drug-likeness (QED) is 0.431. The van der Waals surface area contributed by atoms with Crippen molar-refractivity contribution in [3.8, 4) is 0 Å². The predicted molar refractivity (Wildman–Crippen MR) is 117 cm³/mol. The lowest BCUT2D eigenvalue weighted by molar-refractivity contribution is -0.174. The van der Waals surface area contributed by atoms with Crippen LogP contribution < -0.4 is 10.6 Å². The molecule has 1 aliphatic rings. The summed E-state index contributed by atoms with van der Waals surface area (Å²) in [5, 5.41) is 13.9. The van der Waals surface area contributed by atoms with Crippen LogP contribution in [0.5, 0.6) is 0 Å². The summed E-state index contributed by atoms with van der Waals surface area (Å²) in [7, 11) is 0. The largest absolute Gasteiger partial charge is 0.467 e. The number of hydrogen-bond acceptors (Lipinski definition) is 5. The maximum Gasteiger partial charge on any atom is 0.410 e. The van der Waals surface area contributed by atoms with Gasteiger partial charge in [-0.1, -0.05) is 24.3 Å². The summed E-state index contributed by atoms with van der Waals surface area (Å²) in [6, 6.07) is 11.4. The lowest BCUT2D eigenvalue weighted by Crippen LogP contribution is -2.35. The van der Waals surface area contributed by atoms with Crippen molar-refractivity contribution in [2.45, 2.75) is 38.1 Å². The molecule has 0 fully saturated rings. The van der Waals surface area contributed by atoms with E-state index in [0.29, 0.717) is 12.3 Å². The number of alkyl halides is 3. The Morgan fingerprint density at radius 3 is 2.76 bits per heavy atom. The summed E-state index contributed by atoms with van der Waals surface area (Å²) >= 11 is 0. The Morgan fingerprint density at radius 2 is 2.03 bits per heavy atom. The summed E-state index contributed by atoms with van der Waals surface area (Å²) in [6.07, 6.45) is -1.73. The van der Waals surface area contributed by atoms with Crippen molar-refractivity contribution < 1.29 is 22.4 Å². The molecule has 0 spiro atoms. The molecule has 0 bridgehead atoms. The normalized spacial score (nSPS) is 17.8. The van der Waals surface area contributed by atoms with Crippen molar-refractivity contribution in [2.75, 3.05) is 10.6 Å². The minimum atomic E-state index is -4.55. The standard InChI is InChI=1S/C23H21F3N6O2/c1-14-5-2-3-6-15(14)13-31-9-8-20(30-31)28-22(33)17-12-21-27-16(18-7-4-10-34-18)11-19(23(24,25)26)32(21)29-17/h2-10,12,16,19,27H,11,13H2,1H3,(H,28,30,33)/t16-,19+/m1/s1. The Balaban J connectivity index is 1.34. The Labute approximate surface area is 192 Å². The fourth-order valence-electron chi connectivity index (χ4n) is 4.02. The Bertz CT molecular complexity index is 1310. The lowest BCUT2D eigenvalue weighted by atomic mass is 10.0. The van der Waals surface area contributed by atoms with Gasteiger partial charge in [-0.3, -0.25) is 9.48 Å². The number of nitrogens with zero attached hydrogens (tertiary/aromatic N) is 4. The number of halogens is 3. The van der Waals surface area contributed by atoms with Gasteiger partial charge in [0.2, 0.25) is 0 Å². The number of carbonyl (C=O) groups is 1. The monoisotopic (exact) mass is 470 g/mol. The molecule has 4 aromatic rings. The highest BCUT2D eigenvalue weighted by atomic mass is 19.4. The highest BCUT2D eigenvalue weighted by molar-refractivity contribution is 6.02. The SMILES string of the molecule is Cc1ccccc1Cn1ccc(NC(=O)c2cc3n(n2)[C@H](C(F)(F)F)C[C@H](c2ccco2)N3)n1. The molecule has 0 unspecified atom stereocenters. The number of hydrogen-bond donors (Lipinski definition) is 2. The first kappa shape index (κ1) is 21.8. The van der Waals surface area contributed by atoms with Crippen molar-refractivity contribution in [1.82, 2.24) is 19.6 Å². The van der Waals surface area contributed by atoms with Crippen LogP contribution in [0, 0.1) is 6.92 Å². The molecule has 0 saturated heterocycles. The van der Waals surface area contributed by atoms with E-state index in [1.54, 1.807) is 29.1 Å². The third kappa shape index (κ3) is 4.28. The van der Waals surface area contributed by atoms with Gasteiger partial charge in [0, 0.05) is 24.8 Å². The molecule has 1 aromatic carbocycles. The van der Waals surface area contributed by atoms with E-state index in [1.807, 2.05) is 31.2 Å². The molecular weight excluding hydrogens is 449 g/mol. The zero-order valence-corrected chi connectivity index (χ0v) is 18.1. The van der Waals surface area contributed by atoms with Gasteiger partial charge in [0.1, 0.15) is 11.6 Å². The van der Waals surface area contributed by atoms with Gasteiger partial charge in [0.15, 0.2) is 17.6 Å². The highest BCUT2D eigenvalue weighted by Crippen LogP contribution is 2.43. The number of carbonyl (C=O) groups excluding carboxylic acids is 1. The second kappa shape index (κ2) is 8.40. The number of nitrogens with one attached hydrogen (secondary N) is 2. The maximum atomic E-state index is 13.8. The predicted octanol–water partition coefficient (Wildman–Crippen LogP) is 4.94. The van der Waals surface area contributed by atoms with Crippen LogP contribution in [0.4, 0.5) is 24.8 Å². The number of amides is 1. The third-order valence-corrected chi connectivity index (χ3v) is 5.78. The van der Waals surface area contributed by atoms with E-state index in [1.165, 1.54) is 12.3 Å². The Morgan fingerprint density at radius 1 is 1.21 bits per heavy atom. The maximum absolute atomic E-state index is 13.8. The van der Waals surface area contributed by atoms with Crippen LogP contribution in [0.1, 0.15) is 45.9 Å².